The predicted molar refractivity (Wildman–Crippen MR) is 54.0 cm³/mol. The van der Waals surface area contributed by atoms with E-state index in [9.17, 15) is 13.2 Å². The number of aromatic nitrogens is 1. The zero-order chi connectivity index (χ0) is 11.5. The minimum atomic E-state index is -4.31. The number of nitrogens with zero attached hydrogens (tertiary/aromatic N) is 1. The smallest absolute Gasteiger partial charge is 0.314 e. The molecule has 0 spiro atoms. The number of halogens is 3. The van der Waals surface area contributed by atoms with Crippen molar-refractivity contribution in [2.24, 2.45) is 0 Å². The molecule has 1 rings (SSSR count). The lowest BCUT2D eigenvalue weighted by molar-refractivity contribution is -0.137. The van der Waals surface area contributed by atoms with Gasteiger partial charge in [0.1, 0.15) is 0 Å². The minimum Gasteiger partial charge on any atom is -0.314 e. The van der Waals surface area contributed by atoms with Crippen molar-refractivity contribution in [3.8, 4) is 0 Å². The van der Waals surface area contributed by atoms with Gasteiger partial charge in [-0.1, -0.05) is 13.8 Å². The highest BCUT2D eigenvalue weighted by Gasteiger charge is 2.34. The standard InChI is InChI=1S/C9H13F3N2S/c1-6(2)13-4-3-7-5-14-8(15-7)9(10,11)12/h5-6,13H,3-4H2,1-2H3. The molecule has 0 aliphatic heterocycles. The zero-order valence-electron chi connectivity index (χ0n) is 8.56. The first-order valence-electron chi connectivity index (χ1n) is 4.65. The summed E-state index contributed by atoms with van der Waals surface area (Å²) in [5.41, 5.74) is 0. The Bertz CT molecular complexity index is 307. The normalized spacial score (nSPS) is 12.4. The van der Waals surface area contributed by atoms with E-state index >= 15 is 0 Å². The van der Waals surface area contributed by atoms with Crippen molar-refractivity contribution < 1.29 is 13.2 Å². The lowest BCUT2D eigenvalue weighted by Gasteiger charge is -2.05. The molecule has 1 N–H and O–H groups in total. The molecule has 1 heterocycles. The Morgan fingerprint density at radius 2 is 2.13 bits per heavy atom. The number of hydrogen-bond donors (Lipinski definition) is 1. The molecule has 0 aliphatic carbocycles. The number of nitrogens with one attached hydrogen (secondary N) is 1. The molecular weight excluding hydrogens is 225 g/mol. The third kappa shape index (κ3) is 4.17. The van der Waals surface area contributed by atoms with Gasteiger partial charge in [-0.2, -0.15) is 13.2 Å². The Labute approximate surface area is 90.5 Å². The molecule has 0 aromatic carbocycles. The maximum atomic E-state index is 12.2. The van der Waals surface area contributed by atoms with Crippen LogP contribution in [-0.2, 0) is 12.6 Å². The summed E-state index contributed by atoms with van der Waals surface area (Å²) in [4.78, 5) is 4.01. The number of thiazole rings is 1. The molecule has 86 valence electrons. The van der Waals surface area contributed by atoms with Gasteiger partial charge < -0.3 is 5.32 Å². The zero-order valence-corrected chi connectivity index (χ0v) is 9.37. The van der Waals surface area contributed by atoms with Crippen molar-refractivity contribution in [1.29, 1.82) is 0 Å². The van der Waals surface area contributed by atoms with Gasteiger partial charge in [0.2, 0.25) is 0 Å². The first kappa shape index (κ1) is 12.4. The summed E-state index contributed by atoms with van der Waals surface area (Å²) in [7, 11) is 0. The average molecular weight is 238 g/mol. The van der Waals surface area contributed by atoms with Crippen LogP contribution in [0.1, 0.15) is 23.7 Å². The monoisotopic (exact) mass is 238 g/mol. The van der Waals surface area contributed by atoms with Crippen molar-refractivity contribution in [2.75, 3.05) is 6.54 Å². The van der Waals surface area contributed by atoms with Crippen LogP contribution in [-0.4, -0.2) is 17.6 Å². The molecule has 15 heavy (non-hydrogen) atoms. The molecule has 0 aliphatic rings. The molecule has 0 bridgehead atoms. The minimum absolute atomic E-state index is 0.347. The summed E-state index contributed by atoms with van der Waals surface area (Å²) in [6.07, 6.45) is -2.42. The van der Waals surface area contributed by atoms with Crippen molar-refractivity contribution in [2.45, 2.75) is 32.5 Å². The van der Waals surface area contributed by atoms with Crippen LogP contribution in [0.15, 0.2) is 6.20 Å². The van der Waals surface area contributed by atoms with Crippen molar-refractivity contribution in [3.05, 3.63) is 16.1 Å². The second kappa shape index (κ2) is 4.94. The van der Waals surface area contributed by atoms with Crippen molar-refractivity contribution in [3.63, 3.8) is 0 Å². The highest BCUT2D eigenvalue weighted by atomic mass is 32.1. The summed E-state index contributed by atoms with van der Waals surface area (Å²) in [6.45, 7) is 4.67. The summed E-state index contributed by atoms with van der Waals surface area (Å²) >= 11 is 0.715. The molecule has 2 nitrogen and oxygen atoms in total. The van der Waals surface area contributed by atoms with Gasteiger partial charge in [0.15, 0.2) is 5.01 Å². The highest BCUT2D eigenvalue weighted by Crippen LogP contribution is 2.32. The summed E-state index contributed by atoms with van der Waals surface area (Å²) in [5.74, 6) is 0. The molecule has 0 radical (unpaired) electrons. The first-order valence-corrected chi connectivity index (χ1v) is 5.46. The molecule has 0 amide bonds. The molecule has 0 atom stereocenters. The maximum Gasteiger partial charge on any atom is 0.443 e. The molecule has 0 saturated carbocycles. The SMILES string of the molecule is CC(C)NCCc1cnc(C(F)(F)F)s1. The van der Waals surface area contributed by atoms with Crippen LogP contribution in [0, 0.1) is 0 Å². The maximum absolute atomic E-state index is 12.2. The van der Waals surface area contributed by atoms with E-state index in [1.165, 1.54) is 6.20 Å². The Kier molecular flexibility index (Phi) is 4.10. The second-order valence-electron chi connectivity index (χ2n) is 3.49. The van der Waals surface area contributed by atoms with E-state index in [1.54, 1.807) is 0 Å². The summed E-state index contributed by atoms with van der Waals surface area (Å²) < 4.78 is 36.6. The van der Waals surface area contributed by atoms with Gasteiger partial charge in [0.05, 0.1) is 0 Å². The van der Waals surface area contributed by atoms with E-state index in [2.05, 4.69) is 10.3 Å². The van der Waals surface area contributed by atoms with Gasteiger partial charge in [0.25, 0.3) is 0 Å². The van der Waals surface area contributed by atoms with Gasteiger partial charge in [-0.05, 0) is 6.42 Å². The molecule has 1 aromatic rings. The van der Waals surface area contributed by atoms with E-state index < -0.39 is 11.2 Å². The van der Waals surface area contributed by atoms with Crippen LogP contribution in [0.5, 0.6) is 0 Å². The fraction of sp³-hybridized carbons (Fsp3) is 0.667. The molecule has 0 fully saturated rings. The molecular formula is C9H13F3N2S. The largest absolute Gasteiger partial charge is 0.443 e. The van der Waals surface area contributed by atoms with Crippen LogP contribution in [0.25, 0.3) is 0 Å². The van der Waals surface area contributed by atoms with Gasteiger partial charge in [-0.3, -0.25) is 0 Å². The van der Waals surface area contributed by atoms with Crippen LogP contribution < -0.4 is 5.32 Å². The molecule has 6 heteroatoms. The van der Waals surface area contributed by atoms with Crippen LogP contribution in [0.4, 0.5) is 13.2 Å². The molecule has 1 aromatic heterocycles. The molecule has 0 saturated heterocycles. The quantitative estimate of drug-likeness (QED) is 0.872. The lowest BCUT2D eigenvalue weighted by atomic mass is 10.3. The van der Waals surface area contributed by atoms with Gasteiger partial charge in [-0.25, -0.2) is 4.98 Å². The first-order chi connectivity index (χ1) is 6.89. The van der Waals surface area contributed by atoms with Crippen molar-refractivity contribution in [1.82, 2.24) is 10.3 Å². The van der Waals surface area contributed by atoms with Gasteiger partial charge in [0, 0.05) is 23.7 Å². The number of rotatable bonds is 4. The fourth-order valence-corrected chi connectivity index (χ4v) is 1.82. The fourth-order valence-electron chi connectivity index (χ4n) is 1.04. The highest BCUT2D eigenvalue weighted by molar-refractivity contribution is 7.11. The number of alkyl halides is 3. The predicted octanol–water partition coefficient (Wildman–Crippen LogP) is 2.70. The Morgan fingerprint density at radius 1 is 1.47 bits per heavy atom. The van der Waals surface area contributed by atoms with Crippen LogP contribution in [0.2, 0.25) is 0 Å². The third-order valence-corrected chi connectivity index (χ3v) is 2.82. The second-order valence-corrected chi connectivity index (χ2v) is 4.60. The summed E-state index contributed by atoms with van der Waals surface area (Å²) in [5, 5.41) is 2.38. The number of hydrogen-bond acceptors (Lipinski definition) is 3. The molecule has 0 unspecified atom stereocenters. The summed E-state index contributed by atoms with van der Waals surface area (Å²) in [6, 6.07) is 0.347. The lowest BCUT2D eigenvalue weighted by Crippen LogP contribution is -2.24. The van der Waals surface area contributed by atoms with E-state index in [0.717, 1.165) is 0 Å². The van der Waals surface area contributed by atoms with Gasteiger partial charge in [-0.15, -0.1) is 11.3 Å². The Hall–Kier alpha value is -0.620. The van der Waals surface area contributed by atoms with Crippen LogP contribution in [0.3, 0.4) is 0 Å². The Morgan fingerprint density at radius 3 is 2.60 bits per heavy atom. The van der Waals surface area contributed by atoms with Crippen molar-refractivity contribution >= 4 is 11.3 Å². The van der Waals surface area contributed by atoms with Crippen LogP contribution >= 0.6 is 11.3 Å². The van der Waals surface area contributed by atoms with E-state index in [1.807, 2.05) is 13.8 Å². The van der Waals surface area contributed by atoms with E-state index in [4.69, 9.17) is 0 Å². The average Bonchev–Trinajstić information content (AvgIpc) is 2.51. The van der Waals surface area contributed by atoms with E-state index in [0.29, 0.717) is 35.2 Å². The third-order valence-electron chi connectivity index (χ3n) is 1.72. The van der Waals surface area contributed by atoms with Gasteiger partial charge >= 0.3 is 6.18 Å². The van der Waals surface area contributed by atoms with E-state index in [-0.39, 0.29) is 0 Å². The topological polar surface area (TPSA) is 24.9 Å². The Balaban J connectivity index is 2.47.